The fourth-order valence-corrected chi connectivity index (χ4v) is 3.46. The highest BCUT2D eigenvalue weighted by molar-refractivity contribution is 9.10. The summed E-state index contributed by atoms with van der Waals surface area (Å²) in [6.07, 6.45) is 1.48. The van der Waals surface area contributed by atoms with E-state index in [4.69, 9.17) is 9.47 Å². The van der Waals surface area contributed by atoms with Crippen molar-refractivity contribution in [1.82, 2.24) is 5.43 Å². The van der Waals surface area contributed by atoms with Gasteiger partial charge in [0.1, 0.15) is 11.5 Å². The van der Waals surface area contributed by atoms with E-state index in [9.17, 15) is 9.59 Å². The molecule has 7 nitrogen and oxygen atoms in total. The number of nitrogens with one attached hydrogen (secondary N) is 2. The molecule has 3 aromatic carbocycles. The van der Waals surface area contributed by atoms with Crippen LogP contribution < -0.4 is 20.2 Å². The van der Waals surface area contributed by atoms with E-state index in [2.05, 4.69) is 31.8 Å². The van der Waals surface area contributed by atoms with Gasteiger partial charge in [-0.3, -0.25) is 9.59 Å². The Morgan fingerprint density at radius 1 is 0.938 bits per heavy atom. The Bertz CT molecular complexity index is 1160. The zero-order valence-electron chi connectivity index (χ0n) is 17.8. The zero-order valence-corrected chi connectivity index (χ0v) is 19.4. The number of nitrogens with zero attached hydrogens (tertiary/aromatic N) is 1. The first-order valence-electron chi connectivity index (χ1n) is 9.65. The molecule has 3 aromatic rings. The molecule has 0 saturated carbocycles. The number of anilines is 1. The number of hydrogen-bond donors (Lipinski definition) is 2. The van der Waals surface area contributed by atoms with Gasteiger partial charge in [-0.05, 0) is 64.8 Å². The van der Waals surface area contributed by atoms with E-state index in [1.54, 1.807) is 49.6 Å². The summed E-state index contributed by atoms with van der Waals surface area (Å²) in [6, 6.07) is 17.4. The second kappa shape index (κ2) is 10.6. The summed E-state index contributed by atoms with van der Waals surface area (Å²) in [4.78, 5) is 24.8. The molecule has 8 heteroatoms. The Morgan fingerprint density at radius 2 is 1.62 bits per heavy atom. The molecular formula is C24H22BrN3O4. The van der Waals surface area contributed by atoms with Crippen molar-refractivity contribution in [3.05, 3.63) is 87.4 Å². The smallest absolute Gasteiger partial charge is 0.271 e. The Labute approximate surface area is 194 Å². The van der Waals surface area contributed by atoms with Crippen molar-refractivity contribution in [2.45, 2.75) is 6.92 Å². The topological polar surface area (TPSA) is 89.0 Å². The van der Waals surface area contributed by atoms with Crippen molar-refractivity contribution >= 4 is 39.6 Å². The number of carbonyl (C=O) groups is 2. The standard InChI is InChI=1S/C24H22BrN3O4/c1-15-6-4-5-7-19(15)24(30)27-18-10-8-16(9-11-18)23(29)28-26-14-17-12-20(25)22(32-3)13-21(17)31-2/h4-14H,1-3H3,(H,27,30)(H,28,29). The van der Waals surface area contributed by atoms with Crippen LogP contribution in [0.2, 0.25) is 0 Å². The largest absolute Gasteiger partial charge is 0.496 e. The van der Waals surface area contributed by atoms with Crippen molar-refractivity contribution in [3.8, 4) is 11.5 Å². The molecule has 0 radical (unpaired) electrons. The minimum Gasteiger partial charge on any atom is -0.496 e. The third-order valence-electron chi connectivity index (χ3n) is 4.67. The molecule has 0 aliphatic carbocycles. The lowest BCUT2D eigenvalue weighted by Gasteiger charge is -2.09. The van der Waals surface area contributed by atoms with Gasteiger partial charge in [0.15, 0.2) is 0 Å². The number of carbonyl (C=O) groups excluding carboxylic acids is 2. The summed E-state index contributed by atoms with van der Waals surface area (Å²) in [7, 11) is 3.10. The van der Waals surface area contributed by atoms with Gasteiger partial charge in [0.2, 0.25) is 0 Å². The minimum absolute atomic E-state index is 0.204. The summed E-state index contributed by atoms with van der Waals surface area (Å²) in [5.41, 5.74) is 5.62. The molecule has 0 saturated heterocycles. The van der Waals surface area contributed by atoms with Gasteiger partial charge in [0.25, 0.3) is 11.8 Å². The van der Waals surface area contributed by atoms with Gasteiger partial charge in [-0.15, -0.1) is 0 Å². The first-order valence-corrected chi connectivity index (χ1v) is 10.4. The van der Waals surface area contributed by atoms with Crippen molar-refractivity contribution < 1.29 is 19.1 Å². The van der Waals surface area contributed by atoms with E-state index in [-0.39, 0.29) is 11.8 Å². The van der Waals surface area contributed by atoms with Crippen LogP contribution in [0.4, 0.5) is 5.69 Å². The maximum Gasteiger partial charge on any atom is 0.271 e. The number of benzene rings is 3. The molecule has 3 rings (SSSR count). The number of rotatable bonds is 7. The second-order valence-corrected chi connectivity index (χ2v) is 7.63. The van der Waals surface area contributed by atoms with Gasteiger partial charge in [0.05, 0.1) is 24.9 Å². The van der Waals surface area contributed by atoms with Crippen molar-refractivity contribution in [2.24, 2.45) is 5.10 Å². The fourth-order valence-electron chi connectivity index (χ4n) is 2.94. The molecule has 2 N–H and O–H groups in total. The molecule has 0 fully saturated rings. The quantitative estimate of drug-likeness (QED) is 0.364. The van der Waals surface area contributed by atoms with Crippen LogP contribution >= 0.6 is 15.9 Å². The predicted molar refractivity (Wildman–Crippen MR) is 128 cm³/mol. The van der Waals surface area contributed by atoms with Crippen LogP contribution in [-0.4, -0.2) is 32.2 Å². The summed E-state index contributed by atoms with van der Waals surface area (Å²) in [6.45, 7) is 1.88. The van der Waals surface area contributed by atoms with E-state index in [1.807, 2.05) is 25.1 Å². The van der Waals surface area contributed by atoms with Crippen molar-refractivity contribution in [3.63, 3.8) is 0 Å². The van der Waals surface area contributed by atoms with Gasteiger partial charge in [0, 0.05) is 28.4 Å². The molecule has 0 spiro atoms. The highest BCUT2D eigenvalue weighted by Crippen LogP contribution is 2.31. The molecule has 0 aliphatic heterocycles. The molecule has 0 aliphatic rings. The second-order valence-electron chi connectivity index (χ2n) is 6.77. The number of aryl methyl sites for hydroxylation is 1. The van der Waals surface area contributed by atoms with Crippen LogP contribution in [-0.2, 0) is 0 Å². The van der Waals surface area contributed by atoms with Gasteiger partial charge < -0.3 is 14.8 Å². The Balaban J connectivity index is 1.63. The van der Waals surface area contributed by atoms with Crippen LogP contribution in [0.25, 0.3) is 0 Å². The number of ether oxygens (including phenoxy) is 2. The van der Waals surface area contributed by atoms with E-state index in [0.717, 1.165) is 10.0 Å². The molecule has 0 atom stereocenters. The van der Waals surface area contributed by atoms with E-state index in [0.29, 0.717) is 33.9 Å². The van der Waals surface area contributed by atoms with Crippen molar-refractivity contribution in [1.29, 1.82) is 0 Å². The number of hydrogen-bond acceptors (Lipinski definition) is 5. The third kappa shape index (κ3) is 5.53. The first-order chi connectivity index (χ1) is 15.4. The maximum absolute atomic E-state index is 12.4. The van der Waals surface area contributed by atoms with Crippen LogP contribution in [0, 0.1) is 6.92 Å². The lowest BCUT2D eigenvalue weighted by Crippen LogP contribution is -2.18. The van der Waals surface area contributed by atoms with Gasteiger partial charge in [-0.2, -0.15) is 5.10 Å². The van der Waals surface area contributed by atoms with Gasteiger partial charge >= 0.3 is 0 Å². The Hall–Kier alpha value is -3.65. The normalized spacial score (nSPS) is 10.6. The summed E-state index contributed by atoms with van der Waals surface area (Å²) < 4.78 is 11.3. The number of amides is 2. The van der Waals surface area contributed by atoms with Crippen LogP contribution in [0.15, 0.2) is 70.2 Å². The van der Waals surface area contributed by atoms with E-state index >= 15 is 0 Å². The van der Waals surface area contributed by atoms with Crippen LogP contribution in [0.1, 0.15) is 31.8 Å². The number of methoxy groups -OCH3 is 2. The molecule has 0 bridgehead atoms. The van der Waals surface area contributed by atoms with Crippen LogP contribution in [0.3, 0.4) is 0 Å². The first kappa shape index (κ1) is 23.0. The van der Waals surface area contributed by atoms with E-state index < -0.39 is 0 Å². The molecule has 32 heavy (non-hydrogen) atoms. The SMILES string of the molecule is COc1cc(OC)c(C=NNC(=O)c2ccc(NC(=O)c3ccccc3C)cc2)cc1Br. The molecule has 2 amide bonds. The predicted octanol–water partition coefficient (Wildman–Crippen LogP) is 4.79. The minimum atomic E-state index is -0.385. The average molecular weight is 496 g/mol. The monoisotopic (exact) mass is 495 g/mol. The highest BCUT2D eigenvalue weighted by atomic mass is 79.9. The molecule has 0 unspecified atom stereocenters. The van der Waals surface area contributed by atoms with Gasteiger partial charge in [-0.1, -0.05) is 18.2 Å². The Kier molecular flexibility index (Phi) is 7.62. The maximum atomic E-state index is 12.4. The molecule has 164 valence electrons. The molecule has 0 heterocycles. The zero-order chi connectivity index (χ0) is 23.1. The van der Waals surface area contributed by atoms with Crippen LogP contribution in [0.5, 0.6) is 11.5 Å². The summed E-state index contributed by atoms with van der Waals surface area (Å²) >= 11 is 3.41. The van der Waals surface area contributed by atoms with Crippen molar-refractivity contribution in [2.75, 3.05) is 19.5 Å². The summed E-state index contributed by atoms with van der Waals surface area (Å²) in [5, 5.41) is 6.84. The van der Waals surface area contributed by atoms with E-state index in [1.165, 1.54) is 13.3 Å². The molecular weight excluding hydrogens is 474 g/mol. The number of hydrazone groups is 1. The van der Waals surface area contributed by atoms with Gasteiger partial charge in [-0.25, -0.2) is 5.43 Å². The average Bonchev–Trinajstić information content (AvgIpc) is 2.80. The lowest BCUT2D eigenvalue weighted by molar-refractivity contribution is 0.0954. The fraction of sp³-hybridized carbons (Fsp3) is 0.125. The highest BCUT2D eigenvalue weighted by Gasteiger charge is 2.11. The third-order valence-corrected chi connectivity index (χ3v) is 5.29. The number of halogens is 1. The summed E-state index contributed by atoms with van der Waals surface area (Å²) in [5.74, 6) is 0.587. The lowest BCUT2D eigenvalue weighted by atomic mass is 10.1. The molecule has 0 aromatic heterocycles. The Morgan fingerprint density at radius 3 is 2.28 bits per heavy atom.